The number of aromatic nitrogens is 4. The Balaban J connectivity index is 2.25. The minimum atomic E-state index is -0.312. The Hall–Kier alpha value is -2.38. The Bertz CT molecular complexity index is 947. The lowest BCUT2D eigenvalue weighted by atomic mass is 10.1. The predicted octanol–water partition coefficient (Wildman–Crippen LogP) is 1.55. The number of aryl methyl sites for hydroxylation is 1. The maximum Gasteiger partial charge on any atom is 0.332 e. The van der Waals surface area contributed by atoms with E-state index in [1.165, 1.54) is 9.13 Å². The van der Waals surface area contributed by atoms with Crippen LogP contribution < -0.4 is 16.3 Å². The molecule has 1 aliphatic rings. The fraction of sp³-hybridized carbons (Fsp3) is 0.647. The van der Waals surface area contributed by atoms with Gasteiger partial charge in [-0.05, 0) is 25.7 Å². The zero-order chi connectivity index (χ0) is 18.3. The van der Waals surface area contributed by atoms with Crippen molar-refractivity contribution in [3.05, 3.63) is 20.8 Å². The summed E-state index contributed by atoms with van der Waals surface area (Å²) in [7, 11) is 1.67. The fourth-order valence-electron chi connectivity index (χ4n) is 3.16. The third-order valence-corrected chi connectivity index (χ3v) is 4.49. The van der Waals surface area contributed by atoms with Gasteiger partial charge in [0.2, 0.25) is 5.95 Å². The maximum atomic E-state index is 13.0. The second-order valence-electron chi connectivity index (χ2n) is 7.11. The highest BCUT2D eigenvalue weighted by Crippen LogP contribution is 2.23. The van der Waals surface area contributed by atoms with E-state index < -0.39 is 0 Å². The Labute approximate surface area is 146 Å². The molecule has 0 spiro atoms. The largest absolute Gasteiger partial charge is 0.332 e. The van der Waals surface area contributed by atoms with Crippen LogP contribution in [-0.2, 0) is 20.1 Å². The quantitative estimate of drug-likeness (QED) is 0.823. The Morgan fingerprint density at radius 1 is 1.20 bits per heavy atom. The highest BCUT2D eigenvalue weighted by molar-refractivity contribution is 5.87. The zero-order valence-corrected chi connectivity index (χ0v) is 15.6. The van der Waals surface area contributed by atoms with Crippen molar-refractivity contribution in [1.82, 2.24) is 18.7 Å². The van der Waals surface area contributed by atoms with Gasteiger partial charge in [-0.25, -0.2) is 9.80 Å². The summed E-state index contributed by atoms with van der Waals surface area (Å²) in [5.41, 5.74) is 1.26. The maximum absolute atomic E-state index is 13.0. The van der Waals surface area contributed by atoms with E-state index in [4.69, 9.17) is 0 Å². The van der Waals surface area contributed by atoms with Crippen LogP contribution in [0.2, 0.25) is 0 Å². The molecule has 0 saturated heterocycles. The molecule has 0 fully saturated rings. The van der Waals surface area contributed by atoms with Crippen LogP contribution in [0.15, 0.2) is 14.7 Å². The van der Waals surface area contributed by atoms with Gasteiger partial charge in [0.15, 0.2) is 11.2 Å². The minimum absolute atomic E-state index is 0.261. The molecule has 0 aromatic carbocycles. The van der Waals surface area contributed by atoms with E-state index in [1.807, 2.05) is 16.5 Å². The Kier molecular flexibility index (Phi) is 4.53. The fourth-order valence-corrected chi connectivity index (χ4v) is 3.16. The van der Waals surface area contributed by atoms with E-state index in [0.29, 0.717) is 36.1 Å². The first-order valence-electron chi connectivity index (χ1n) is 8.86. The second-order valence-corrected chi connectivity index (χ2v) is 7.11. The molecule has 0 unspecified atom stereocenters. The molecule has 2 aromatic heterocycles. The third-order valence-electron chi connectivity index (χ3n) is 4.49. The molecule has 8 nitrogen and oxygen atoms in total. The van der Waals surface area contributed by atoms with Gasteiger partial charge in [-0.3, -0.25) is 18.5 Å². The van der Waals surface area contributed by atoms with Crippen LogP contribution in [-0.4, -0.2) is 30.9 Å². The van der Waals surface area contributed by atoms with Gasteiger partial charge in [-0.1, -0.05) is 20.8 Å². The highest BCUT2D eigenvalue weighted by Gasteiger charge is 2.26. The Morgan fingerprint density at radius 2 is 1.92 bits per heavy atom. The van der Waals surface area contributed by atoms with Crippen LogP contribution in [0.25, 0.3) is 11.2 Å². The van der Waals surface area contributed by atoms with E-state index in [2.05, 4.69) is 30.9 Å². The number of imidazole rings is 1. The molecule has 0 aliphatic carbocycles. The van der Waals surface area contributed by atoms with Crippen LogP contribution in [0.1, 0.15) is 40.5 Å². The average molecular weight is 346 g/mol. The first-order chi connectivity index (χ1) is 11.8. The molecule has 0 N–H and O–H groups in total. The van der Waals surface area contributed by atoms with E-state index in [0.717, 1.165) is 25.1 Å². The first kappa shape index (κ1) is 17.4. The van der Waals surface area contributed by atoms with Gasteiger partial charge in [0, 0.05) is 20.1 Å². The molecule has 136 valence electrons. The van der Waals surface area contributed by atoms with Crippen LogP contribution in [0.5, 0.6) is 0 Å². The van der Waals surface area contributed by atoms with E-state index in [9.17, 15) is 9.59 Å². The molecule has 0 amide bonds. The van der Waals surface area contributed by atoms with Gasteiger partial charge >= 0.3 is 5.69 Å². The summed E-state index contributed by atoms with van der Waals surface area (Å²) in [6.45, 7) is 9.83. The van der Waals surface area contributed by atoms with Gasteiger partial charge in [0.1, 0.15) is 0 Å². The molecular weight excluding hydrogens is 320 g/mol. The van der Waals surface area contributed by atoms with E-state index in [-0.39, 0.29) is 11.2 Å². The lowest BCUT2D eigenvalue weighted by Crippen LogP contribution is -2.40. The molecule has 1 aliphatic heterocycles. The number of hydrogen-bond donors (Lipinski definition) is 0. The van der Waals surface area contributed by atoms with Gasteiger partial charge in [-0.15, -0.1) is 0 Å². The molecule has 3 rings (SSSR count). The molecule has 2 aromatic rings. The zero-order valence-electron chi connectivity index (χ0n) is 15.6. The van der Waals surface area contributed by atoms with Crippen molar-refractivity contribution in [2.24, 2.45) is 18.1 Å². The smallest absolute Gasteiger partial charge is 0.297 e. The van der Waals surface area contributed by atoms with Gasteiger partial charge in [0.05, 0.1) is 12.3 Å². The summed E-state index contributed by atoms with van der Waals surface area (Å²) in [5, 5.41) is 6.36. The SMILES string of the molecule is CCCN1N=C(C)Cn2c1nc1c2c(=O)n(CCC(C)C)c(=O)n1C. The van der Waals surface area contributed by atoms with Gasteiger partial charge in [-0.2, -0.15) is 10.1 Å². The standard InChI is InChI=1S/C17H26N6O2/c1-6-8-23-16-18-14-13(22(16)10-12(4)19-23)15(24)21(9-7-11(2)3)17(25)20(14)5/h11H,6-10H2,1-5H3. The topological polar surface area (TPSA) is 77.4 Å². The minimum Gasteiger partial charge on any atom is -0.297 e. The first-order valence-corrected chi connectivity index (χ1v) is 8.86. The van der Waals surface area contributed by atoms with Crippen molar-refractivity contribution in [1.29, 1.82) is 0 Å². The lowest BCUT2D eigenvalue weighted by molar-refractivity contribution is 0.487. The normalized spacial score (nSPS) is 14.3. The summed E-state index contributed by atoms with van der Waals surface area (Å²) < 4.78 is 4.70. The molecule has 25 heavy (non-hydrogen) atoms. The monoisotopic (exact) mass is 346 g/mol. The molecule has 0 atom stereocenters. The molecule has 0 radical (unpaired) electrons. The highest BCUT2D eigenvalue weighted by atomic mass is 16.2. The summed E-state index contributed by atoms with van der Waals surface area (Å²) in [5.74, 6) is 1.05. The lowest BCUT2D eigenvalue weighted by Gasteiger charge is -2.24. The van der Waals surface area contributed by atoms with Crippen molar-refractivity contribution >= 4 is 22.8 Å². The second kappa shape index (κ2) is 6.50. The van der Waals surface area contributed by atoms with Gasteiger partial charge in [0.25, 0.3) is 5.56 Å². The molecule has 0 bridgehead atoms. The molecule has 3 heterocycles. The van der Waals surface area contributed by atoms with Crippen molar-refractivity contribution < 1.29 is 0 Å². The van der Waals surface area contributed by atoms with Crippen LogP contribution in [0.3, 0.4) is 0 Å². The van der Waals surface area contributed by atoms with Crippen molar-refractivity contribution in [2.45, 2.75) is 53.6 Å². The number of hydrogen-bond acceptors (Lipinski definition) is 5. The number of hydrazone groups is 1. The summed E-state index contributed by atoms with van der Waals surface area (Å²) >= 11 is 0. The molecular formula is C17H26N6O2. The Morgan fingerprint density at radius 3 is 2.56 bits per heavy atom. The van der Waals surface area contributed by atoms with E-state index in [1.54, 1.807) is 7.05 Å². The van der Waals surface area contributed by atoms with Crippen LogP contribution >= 0.6 is 0 Å². The third kappa shape index (κ3) is 2.89. The van der Waals surface area contributed by atoms with Crippen LogP contribution in [0.4, 0.5) is 5.95 Å². The predicted molar refractivity (Wildman–Crippen MR) is 99.4 cm³/mol. The summed E-state index contributed by atoms with van der Waals surface area (Å²) in [6, 6.07) is 0. The summed E-state index contributed by atoms with van der Waals surface area (Å²) in [6.07, 6.45) is 1.70. The number of fused-ring (bicyclic) bond motifs is 3. The van der Waals surface area contributed by atoms with Gasteiger partial charge < -0.3 is 0 Å². The number of nitrogens with zero attached hydrogens (tertiary/aromatic N) is 6. The van der Waals surface area contributed by atoms with E-state index >= 15 is 0 Å². The molecule has 0 saturated carbocycles. The van der Waals surface area contributed by atoms with Crippen LogP contribution in [0, 0.1) is 5.92 Å². The van der Waals surface area contributed by atoms with Crippen molar-refractivity contribution in [3.8, 4) is 0 Å². The number of rotatable bonds is 5. The van der Waals surface area contributed by atoms with Crippen molar-refractivity contribution in [2.75, 3.05) is 11.6 Å². The molecule has 8 heteroatoms. The number of anilines is 1. The summed E-state index contributed by atoms with van der Waals surface area (Å²) in [4.78, 5) is 30.3. The average Bonchev–Trinajstić information content (AvgIpc) is 2.92. The van der Waals surface area contributed by atoms with Crippen molar-refractivity contribution in [3.63, 3.8) is 0 Å².